The standard InChI is InChI=1S/C21H19F2N3O/c22-16-3-1-2-15(12-16)20(27)26-14-21(6-9-25(10-7-21)11-8-24)18-13-17(23)4-5-19(18)26/h1-5,12-13H,6-7,9-11,14H2. The van der Waals surface area contributed by atoms with Gasteiger partial charge in [-0.15, -0.1) is 0 Å². The number of halogens is 2. The first kappa shape index (κ1) is 17.6. The molecular formula is C21H19F2N3O. The van der Waals surface area contributed by atoms with Gasteiger partial charge >= 0.3 is 0 Å². The Hall–Kier alpha value is -2.78. The lowest BCUT2D eigenvalue weighted by Gasteiger charge is -2.39. The van der Waals surface area contributed by atoms with E-state index in [1.165, 1.54) is 30.3 Å². The maximum absolute atomic E-state index is 14.0. The molecule has 6 heteroatoms. The van der Waals surface area contributed by atoms with Crippen LogP contribution in [0.4, 0.5) is 14.5 Å². The molecule has 2 aliphatic rings. The third-order valence-electron chi connectivity index (χ3n) is 5.71. The van der Waals surface area contributed by atoms with Crippen LogP contribution in [-0.2, 0) is 5.41 Å². The van der Waals surface area contributed by atoms with Crippen molar-refractivity contribution in [3.63, 3.8) is 0 Å². The highest BCUT2D eigenvalue weighted by Gasteiger charge is 2.46. The summed E-state index contributed by atoms with van der Waals surface area (Å²) in [6.45, 7) is 2.27. The van der Waals surface area contributed by atoms with Gasteiger partial charge in [0.1, 0.15) is 11.6 Å². The number of likely N-dealkylation sites (tertiary alicyclic amines) is 1. The summed E-state index contributed by atoms with van der Waals surface area (Å²) in [4.78, 5) is 16.8. The Kier molecular flexibility index (Phi) is 4.40. The smallest absolute Gasteiger partial charge is 0.258 e. The van der Waals surface area contributed by atoms with Crippen LogP contribution in [0.25, 0.3) is 0 Å². The molecule has 0 unspecified atom stereocenters. The Balaban J connectivity index is 1.69. The van der Waals surface area contributed by atoms with Crippen molar-refractivity contribution < 1.29 is 13.6 Å². The first-order chi connectivity index (χ1) is 13.0. The van der Waals surface area contributed by atoms with Crippen LogP contribution in [0.2, 0.25) is 0 Å². The second-order valence-electron chi connectivity index (χ2n) is 7.28. The van der Waals surface area contributed by atoms with Crippen molar-refractivity contribution in [2.45, 2.75) is 18.3 Å². The topological polar surface area (TPSA) is 47.3 Å². The van der Waals surface area contributed by atoms with E-state index in [0.29, 0.717) is 18.8 Å². The van der Waals surface area contributed by atoms with Crippen LogP contribution in [0.1, 0.15) is 28.8 Å². The van der Waals surface area contributed by atoms with Crippen LogP contribution in [0, 0.1) is 23.0 Å². The molecule has 138 valence electrons. The molecule has 2 heterocycles. The highest BCUT2D eigenvalue weighted by molar-refractivity contribution is 6.07. The fourth-order valence-corrected chi connectivity index (χ4v) is 4.27. The van der Waals surface area contributed by atoms with Crippen LogP contribution in [-0.4, -0.2) is 37.0 Å². The fourth-order valence-electron chi connectivity index (χ4n) is 4.27. The Morgan fingerprint density at radius 1 is 1.11 bits per heavy atom. The van der Waals surface area contributed by atoms with E-state index in [0.717, 1.165) is 31.5 Å². The molecule has 0 saturated carbocycles. The van der Waals surface area contributed by atoms with E-state index in [9.17, 15) is 13.6 Å². The van der Waals surface area contributed by atoms with Crippen LogP contribution in [0.15, 0.2) is 42.5 Å². The number of hydrogen-bond donors (Lipinski definition) is 0. The number of carbonyl (C=O) groups excluding carboxylic acids is 1. The molecule has 4 rings (SSSR count). The Bertz CT molecular complexity index is 929. The average molecular weight is 367 g/mol. The number of piperidine rings is 1. The van der Waals surface area contributed by atoms with Gasteiger partial charge in [0, 0.05) is 36.3 Å². The minimum absolute atomic E-state index is 0.279. The molecule has 0 radical (unpaired) electrons. The molecule has 0 N–H and O–H groups in total. The van der Waals surface area contributed by atoms with Gasteiger partial charge in [0.25, 0.3) is 5.91 Å². The number of carbonyl (C=O) groups is 1. The van der Waals surface area contributed by atoms with Gasteiger partial charge < -0.3 is 4.90 Å². The molecule has 0 aliphatic carbocycles. The molecule has 0 aromatic heterocycles. The van der Waals surface area contributed by atoms with E-state index in [2.05, 4.69) is 11.0 Å². The summed E-state index contributed by atoms with van der Waals surface area (Å²) in [6, 6.07) is 12.3. The lowest BCUT2D eigenvalue weighted by atomic mass is 9.74. The van der Waals surface area contributed by atoms with Gasteiger partial charge in [-0.2, -0.15) is 5.26 Å². The maximum atomic E-state index is 14.0. The van der Waals surface area contributed by atoms with Gasteiger partial charge in [-0.05, 0) is 54.8 Å². The third kappa shape index (κ3) is 3.08. The summed E-state index contributed by atoms with van der Waals surface area (Å²) in [5.41, 5.74) is 1.49. The Labute approximate surface area is 156 Å². The number of amides is 1. The van der Waals surface area contributed by atoms with E-state index in [1.54, 1.807) is 17.0 Å². The van der Waals surface area contributed by atoms with Crippen molar-refractivity contribution >= 4 is 11.6 Å². The number of nitriles is 1. The molecule has 0 bridgehead atoms. The van der Waals surface area contributed by atoms with Crippen molar-refractivity contribution in [1.82, 2.24) is 4.90 Å². The van der Waals surface area contributed by atoms with Gasteiger partial charge in [-0.1, -0.05) is 6.07 Å². The third-order valence-corrected chi connectivity index (χ3v) is 5.71. The fraction of sp³-hybridized carbons (Fsp3) is 0.333. The van der Waals surface area contributed by atoms with Crippen LogP contribution < -0.4 is 4.90 Å². The average Bonchev–Trinajstić information content (AvgIpc) is 2.97. The minimum atomic E-state index is -0.459. The molecule has 0 atom stereocenters. The molecule has 1 amide bonds. The van der Waals surface area contributed by atoms with Crippen molar-refractivity contribution in [2.24, 2.45) is 0 Å². The van der Waals surface area contributed by atoms with Crippen molar-refractivity contribution in [3.8, 4) is 6.07 Å². The highest BCUT2D eigenvalue weighted by Crippen LogP contribution is 2.47. The molecule has 27 heavy (non-hydrogen) atoms. The van der Waals surface area contributed by atoms with Gasteiger partial charge in [0.2, 0.25) is 0 Å². The quantitative estimate of drug-likeness (QED) is 0.764. The van der Waals surface area contributed by atoms with E-state index in [4.69, 9.17) is 5.26 Å². The number of fused-ring (bicyclic) bond motifs is 2. The molecule has 1 saturated heterocycles. The van der Waals surface area contributed by atoms with Crippen LogP contribution in [0.5, 0.6) is 0 Å². The van der Waals surface area contributed by atoms with E-state index in [-0.39, 0.29) is 22.7 Å². The van der Waals surface area contributed by atoms with Gasteiger partial charge in [0.05, 0.1) is 12.6 Å². The highest BCUT2D eigenvalue weighted by atomic mass is 19.1. The lowest BCUT2D eigenvalue weighted by Crippen LogP contribution is -2.46. The summed E-state index contributed by atoms with van der Waals surface area (Å²) >= 11 is 0. The Morgan fingerprint density at radius 2 is 1.85 bits per heavy atom. The van der Waals surface area contributed by atoms with Gasteiger partial charge in [-0.3, -0.25) is 9.69 Å². The molecule has 2 aliphatic heterocycles. The summed E-state index contributed by atoms with van der Waals surface area (Å²) in [5.74, 6) is -1.06. The van der Waals surface area contributed by atoms with Crippen molar-refractivity contribution in [2.75, 3.05) is 31.1 Å². The second kappa shape index (κ2) is 6.75. The molecular weight excluding hydrogens is 348 g/mol. The van der Waals surface area contributed by atoms with E-state index in [1.807, 2.05) is 0 Å². The van der Waals surface area contributed by atoms with Gasteiger partial charge in [0.15, 0.2) is 0 Å². The SMILES string of the molecule is N#CCN1CCC2(CC1)CN(C(=O)c1cccc(F)c1)c1ccc(F)cc12. The molecule has 1 spiro atoms. The van der Waals surface area contributed by atoms with Crippen LogP contribution >= 0.6 is 0 Å². The zero-order valence-corrected chi connectivity index (χ0v) is 14.8. The monoisotopic (exact) mass is 367 g/mol. The maximum Gasteiger partial charge on any atom is 0.258 e. The summed E-state index contributed by atoms with van der Waals surface area (Å²) in [5, 5.41) is 8.91. The minimum Gasteiger partial charge on any atom is -0.307 e. The lowest BCUT2D eigenvalue weighted by molar-refractivity contribution is 0.0977. The number of nitrogens with zero attached hydrogens (tertiary/aromatic N) is 3. The normalized spacial score (nSPS) is 18.3. The van der Waals surface area contributed by atoms with Crippen molar-refractivity contribution in [1.29, 1.82) is 5.26 Å². The summed E-state index contributed by atoms with van der Waals surface area (Å²) < 4.78 is 27.6. The van der Waals surface area contributed by atoms with Crippen LogP contribution in [0.3, 0.4) is 0 Å². The van der Waals surface area contributed by atoms with Crippen molar-refractivity contribution in [3.05, 3.63) is 65.2 Å². The number of hydrogen-bond acceptors (Lipinski definition) is 3. The molecule has 4 nitrogen and oxygen atoms in total. The predicted octanol–water partition coefficient (Wildman–Crippen LogP) is 3.48. The number of rotatable bonds is 2. The molecule has 1 fully saturated rings. The van der Waals surface area contributed by atoms with E-state index >= 15 is 0 Å². The second-order valence-corrected chi connectivity index (χ2v) is 7.28. The molecule has 2 aromatic carbocycles. The van der Waals surface area contributed by atoms with E-state index < -0.39 is 5.82 Å². The molecule has 2 aromatic rings. The largest absolute Gasteiger partial charge is 0.307 e. The first-order valence-electron chi connectivity index (χ1n) is 8.99. The zero-order chi connectivity index (χ0) is 19.0. The number of benzene rings is 2. The van der Waals surface area contributed by atoms with Gasteiger partial charge in [-0.25, -0.2) is 8.78 Å². The Morgan fingerprint density at radius 3 is 2.56 bits per heavy atom. The predicted molar refractivity (Wildman–Crippen MR) is 97.4 cm³/mol. The number of anilines is 1. The zero-order valence-electron chi connectivity index (χ0n) is 14.8. The summed E-state index contributed by atoms with van der Waals surface area (Å²) in [6.07, 6.45) is 1.50. The summed E-state index contributed by atoms with van der Waals surface area (Å²) in [7, 11) is 0. The first-order valence-corrected chi connectivity index (χ1v) is 8.99.